The molecule has 0 saturated carbocycles. The summed E-state index contributed by atoms with van der Waals surface area (Å²) in [6, 6.07) is 1.39. The van der Waals surface area contributed by atoms with Gasteiger partial charge in [0.25, 0.3) is 0 Å². The SMILES string of the molecule is [B]c1cc(-n2c3c([B])c([B])c([B])c([B])c3c3c([B])c([B])c4c([B])c([B])c(N(c5c([B])c([B])c(-c6c([B])c([B])c([B])c([B])c6[B])c([B])c5[B])c5c([B])c([B])c([B])c(-c6c([B])c([B])c7c([B])c([B])c([B])c([B])c7c6[B])c5[B])c([B])c4c32)c([B])c([B])c1[B]. The van der Waals surface area contributed by atoms with Gasteiger partial charge in [-0.05, 0) is 49.9 Å². The molecule has 0 aliphatic carbocycles. The van der Waals surface area contributed by atoms with Crippen molar-refractivity contribution in [1.29, 1.82) is 0 Å². The first-order valence-corrected chi connectivity index (χ1v) is 24.7. The van der Waals surface area contributed by atoms with E-state index >= 15 is 0 Å². The van der Waals surface area contributed by atoms with Crippen molar-refractivity contribution in [2.24, 2.45) is 0 Å². The minimum atomic E-state index is -0.448. The predicted octanol–water partition coefficient (Wildman–Crippen LogP) is -25.9. The normalized spacial score (nSPS) is 11.7. The molecule has 0 aliphatic heterocycles. The number of aromatic nitrogens is 1. The van der Waals surface area contributed by atoms with Crippen LogP contribution in [0, 0.1) is 0 Å². The topological polar surface area (TPSA) is 8.17 Å². The van der Waals surface area contributed by atoms with Gasteiger partial charge in [-0.3, -0.25) is 0 Å². The number of anilines is 3. The Hall–Kier alpha value is -4.76. The van der Waals surface area contributed by atoms with Crippen molar-refractivity contribution in [2.45, 2.75) is 0 Å². The van der Waals surface area contributed by atoms with Gasteiger partial charge < -0.3 is 9.47 Å². The third-order valence-electron chi connectivity index (χ3n) is 16.1. The van der Waals surface area contributed by atoms with E-state index in [0.29, 0.717) is 0 Å². The summed E-state index contributed by atoms with van der Waals surface area (Å²) in [4.78, 5) is 1.14. The second-order valence-electron chi connectivity index (χ2n) is 20.4. The molecule has 66 radical (unpaired) electrons. The molecule has 2 nitrogen and oxygen atoms in total. The number of hydrogen-bond acceptors (Lipinski definition) is 1. The molecule has 0 spiro atoms. The van der Waals surface area contributed by atoms with Gasteiger partial charge in [0.2, 0.25) is 0 Å². The van der Waals surface area contributed by atoms with Gasteiger partial charge in [-0.25, -0.2) is 0 Å². The monoisotopic (exact) mass is 992 g/mol. The molecule has 310 valence electrons. The van der Waals surface area contributed by atoms with Crippen molar-refractivity contribution in [1.82, 2.24) is 4.57 Å². The van der Waals surface area contributed by atoms with Crippen LogP contribution in [-0.4, -0.2) is 263 Å². The molecular weight excluding hydrogens is 985 g/mol. The maximum atomic E-state index is 7.71. The molecule has 1 heterocycles. The zero-order valence-corrected chi connectivity index (χ0v) is 45.0. The van der Waals surface area contributed by atoms with Crippen molar-refractivity contribution in [2.75, 3.05) is 4.90 Å². The third kappa shape index (κ3) is 8.54. The molecule has 1 aromatic heterocycles. The molecule has 35 heteroatoms. The van der Waals surface area contributed by atoms with Gasteiger partial charge in [0, 0.05) is 39.0 Å². The van der Waals surface area contributed by atoms with Crippen molar-refractivity contribution in [3.05, 3.63) is 6.07 Å². The standard InChI is InChI=1S/C50HB33N2/c51-2-1-3(15(53)32(70)14(2)52)84-46-11-10(19(57)28(66)12(46)13-29(67)37(75)40(78)44(82)47(13)84)27(65)41(79)49(31(11)69)85(50-42(80)25(63)8(26(64)43(50)81)7-22(60)35(73)39(77)36(74)23(7)61)48-30(68)9(24(62)38(76)45(48)83)5-16(54)4-6(18(56)17(5)55)21(59)34(72)33(71)20(4)58/h1H. The summed E-state index contributed by atoms with van der Waals surface area (Å²) < 4.78 is 1.45. The van der Waals surface area contributed by atoms with Crippen molar-refractivity contribution in [3.63, 3.8) is 0 Å². The van der Waals surface area contributed by atoms with Crippen LogP contribution in [-0.2, 0) is 0 Å². The summed E-state index contributed by atoms with van der Waals surface area (Å²) in [5, 5.41) is -0.0140. The van der Waals surface area contributed by atoms with Gasteiger partial charge in [0.1, 0.15) is 259 Å². The summed E-state index contributed by atoms with van der Waals surface area (Å²) in [5.41, 5.74) is -9.69. The number of benzene rings is 9. The van der Waals surface area contributed by atoms with Crippen LogP contribution in [0.1, 0.15) is 0 Å². The second-order valence-corrected chi connectivity index (χ2v) is 20.4. The lowest BCUT2D eigenvalue weighted by molar-refractivity contribution is 1.21. The average Bonchev–Trinajstić information content (AvgIpc) is 2.14. The Bertz CT molecular complexity index is 4760. The summed E-state index contributed by atoms with van der Waals surface area (Å²) >= 11 is 0. The van der Waals surface area contributed by atoms with Gasteiger partial charge in [0.15, 0.2) is 0 Å². The fraction of sp³-hybridized carbons (Fsp3) is 0. The smallest absolute Gasteiger partial charge is 0.117 e. The lowest BCUT2D eigenvalue weighted by Gasteiger charge is -2.40. The number of nitrogens with zero attached hydrogens (tertiary/aromatic N) is 2. The maximum Gasteiger partial charge on any atom is 0.117 e. The minimum absolute atomic E-state index is 0.00675. The Morgan fingerprint density at radius 2 is 0.435 bits per heavy atom. The van der Waals surface area contributed by atoms with Gasteiger partial charge in [-0.15, -0.1) is 60.1 Å². The van der Waals surface area contributed by atoms with Gasteiger partial charge >= 0.3 is 0 Å². The maximum absolute atomic E-state index is 7.71. The van der Waals surface area contributed by atoms with E-state index in [-0.39, 0.29) is 224 Å². The number of hydrogen-bond donors (Lipinski definition) is 0. The summed E-state index contributed by atoms with van der Waals surface area (Å²) in [6.07, 6.45) is 0. The Morgan fingerprint density at radius 1 is 0.188 bits per heavy atom. The van der Waals surface area contributed by atoms with Crippen molar-refractivity contribution >= 4 is 500 Å². The molecule has 0 bridgehead atoms. The molecule has 10 rings (SSSR count). The molecule has 0 amide bonds. The van der Waals surface area contributed by atoms with Crippen LogP contribution < -0.4 is 185 Å². The highest BCUT2D eigenvalue weighted by atomic mass is 15.2. The first-order chi connectivity index (χ1) is 39.5. The summed E-state index contributed by atoms with van der Waals surface area (Å²) in [5.74, 6) is 0. The summed E-state index contributed by atoms with van der Waals surface area (Å²) in [7, 11) is 225. The van der Waals surface area contributed by atoms with E-state index in [4.69, 9.17) is 259 Å². The Morgan fingerprint density at radius 3 is 0.941 bits per heavy atom. The lowest BCUT2D eigenvalue weighted by atomic mass is 9.56. The van der Waals surface area contributed by atoms with Crippen LogP contribution in [0.3, 0.4) is 0 Å². The minimum Gasteiger partial charge on any atom is -0.314 e. The zero-order valence-electron chi connectivity index (χ0n) is 45.0. The molecule has 0 aliphatic rings. The average molecular weight is 986 g/mol. The zero-order chi connectivity index (χ0) is 63.2. The number of rotatable bonds is 6. The molecule has 9 aromatic carbocycles. The van der Waals surface area contributed by atoms with Crippen LogP contribution in [0.5, 0.6) is 0 Å². The van der Waals surface area contributed by atoms with E-state index < -0.39 is 44.2 Å². The van der Waals surface area contributed by atoms with Crippen LogP contribution >= 0.6 is 0 Å². The van der Waals surface area contributed by atoms with Crippen LogP contribution in [0.25, 0.3) is 71.3 Å². The first-order valence-electron chi connectivity index (χ1n) is 24.7. The Balaban J connectivity index is 1.50. The fourth-order valence-corrected chi connectivity index (χ4v) is 11.4. The highest BCUT2D eigenvalue weighted by Crippen LogP contribution is 2.35. The first kappa shape index (κ1) is 63.3. The van der Waals surface area contributed by atoms with Crippen molar-refractivity contribution < 1.29 is 0 Å². The molecule has 10 aromatic rings. The second kappa shape index (κ2) is 21.8. The fourth-order valence-electron chi connectivity index (χ4n) is 11.4. The van der Waals surface area contributed by atoms with E-state index in [1.165, 1.54) is 10.6 Å². The lowest BCUT2D eigenvalue weighted by Crippen LogP contribution is -2.57. The quantitative estimate of drug-likeness (QED) is 0.151. The van der Waals surface area contributed by atoms with Crippen LogP contribution in [0.15, 0.2) is 6.07 Å². The van der Waals surface area contributed by atoms with Gasteiger partial charge in [-0.2, -0.15) is 0 Å². The van der Waals surface area contributed by atoms with E-state index in [2.05, 4.69) is 0 Å². The van der Waals surface area contributed by atoms with Gasteiger partial charge in [-0.1, -0.05) is 120 Å². The molecule has 0 N–H and O–H groups in total. The molecule has 0 saturated heterocycles. The predicted molar refractivity (Wildman–Crippen MR) is 399 cm³/mol. The molecule has 0 unspecified atom stereocenters. The Kier molecular flexibility index (Phi) is 16.2. The summed E-state index contributed by atoms with van der Waals surface area (Å²) in [6.45, 7) is 0. The highest BCUT2D eigenvalue weighted by molar-refractivity contribution is 6.78. The molecule has 0 atom stereocenters. The van der Waals surface area contributed by atoms with E-state index in [0.717, 1.165) is 4.90 Å². The number of fused-ring (bicyclic) bond motifs is 6. The van der Waals surface area contributed by atoms with E-state index in [1.54, 1.807) is 0 Å². The molecular formula is C50HB33N2. The van der Waals surface area contributed by atoms with Crippen LogP contribution in [0.4, 0.5) is 17.1 Å². The third-order valence-corrected chi connectivity index (χ3v) is 16.1. The molecule has 0 fully saturated rings. The molecule has 85 heavy (non-hydrogen) atoms. The highest BCUT2D eigenvalue weighted by Gasteiger charge is 2.33. The largest absolute Gasteiger partial charge is 0.314 e. The Labute approximate surface area is 539 Å². The van der Waals surface area contributed by atoms with Crippen molar-refractivity contribution in [3.8, 4) is 27.9 Å². The van der Waals surface area contributed by atoms with Crippen LogP contribution in [0.2, 0.25) is 0 Å². The van der Waals surface area contributed by atoms with E-state index in [9.17, 15) is 0 Å². The van der Waals surface area contributed by atoms with E-state index in [1.807, 2.05) is 0 Å². The van der Waals surface area contributed by atoms with Gasteiger partial charge in [0.05, 0.1) is 5.52 Å².